The number of aromatic nitrogens is 3. The van der Waals surface area contributed by atoms with Crippen molar-refractivity contribution >= 4 is 38.8 Å². The Bertz CT molecular complexity index is 1730. The Kier molecular flexibility index (Phi) is 7.83. The predicted octanol–water partition coefficient (Wildman–Crippen LogP) is 8.32. The molecule has 5 rings (SSSR count). The molecule has 43 heavy (non-hydrogen) atoms. The third-order valence-corrected chi connectivity index (χ3v) is 9.14. The zero-order valence-corrected chi connectivity index (χ0v) is 28.0. The van der Waals surface area contributed by atoms with Gasteiger partial charge in [-0.25, -0.2) is 0 Å². The molecule has 0 atom stereocenters. The van der Waals surface area contributed by atoms with Gasteiger partial charge in [0.05, 0.1) is 11.1 Å². The van der Waals surface area contributed by atoms with Crippen LogP contribution in [0.25, 0.3) is 16.7 Å². The minimum absolute atomic E-state index is 0.0681. The number of phenols is 1. The van der Waals surface area contributed by atoms with E-state index in [1.54, 1.807) is 6.07 Å². The molecule has 1 N–H and O–H groups in total. The van der Waals surface area contributed by atoms with Crippen molar-refractivity contribution < 1.29 is 14.7 Å². The van der Waals surface area contributed by atoms with E-state index in [4.69, 9.17) is 10.2 Å². The van der Waals surface area contributed by atoms with E-state index in [0.29, 0.717) is 33.3 Å². The number of imide groups is 1. The van der Waals surface area contributed by atoms with Crippen molar-refractivity contribution in [1.82, 2.24) is 19.9 Å². The van der Waals surface area contributed by atoms with Gasteiger partial charge in [0, 0.05) is 22.0 Å². The number of phenolic OH excluding ortho intramolecular Hbond substituents is 1. The van der Waals surface area contributed by atoms with Crippen LogP contribution in [-0.2, 0) is 10.8 Å². The first-order chi connectivity index (χ1) is 20.1. The molecule has 0 unspecified atom stereocenters. The summed E-state index contributed by atoms with van der Waals surface area (Å²) < 4.78 is 0.509. The average Bonchev–Trinajstić information content (AvgIpc) is 3.44. The second-order valence-electron chi connectivity index (χ2n) is 14.1. The number of fused-ring (bicyclic) bond motifs is 3. The maximum atomic E-state index is 13.5. The van der Waals surface area contributed by atoms with Gasteiger partial charge in [-0.1, -0.05) is 98.2 Å². The monoisotopic (exact) mass is 644 g/mol. The van der Waals surface area contributed by atoms with Crippen molar-refractivity contribution in [3.8, 4) is 11.4 Å². The second-order valence-corrected chi connectivity index (χ2v) is 14.9. The first-order valence-corrected chi connectivity index (χ1v) is 15.8. The number of carbonyl (C=O) groups is 2. The van der Waals surface area contributed by atoms with Crippen LogP contribution in [0.1, 0.15) is 112 Å². The third-order valence-electron chi connectivity index (χ3n) is 8.51. The van der Waals surface area contributed by atoms with E-state index in [0.717, 1.165) is 36.0 Å². The summed E-state index contributed by atoms with van der Waals surface area (Å²) in [7, 11) is 0. The van der Waals surface area contributed by atoms with Gasteiger partial charge in [-0.05, 0) is 62.9 Å². The standard InChI is InChI=1S/C35H41BrN4O3/c1-9-10-16-39-31(42)27-24(36)19-25-29(28(27)32(39)43)38-40(37-25)26-18-22(34(5,6)20-33(2,3)4)17-23(30(26)41)35(7,8)21-14-12-11-13-15-21/h11-15,17-19,41H,9-10,16,20H2,1-8H3. The van der Waals surface area contributed by atoms with Crippen LogP contribution in [0.3, 0.4) is 0 Å². The number of hydrogen-bond acceptors (Lipinski definition) is 5. The quantitative estimate of drug-likeness (QED) is 0.195. The van der Waals surface area contributed by atoms with Gasteiger partial charge >= 0.3 is 0 Å². The normalized spacial score (nSPS) is 14.2. The fourth-order valence-corrected chi connectivity index (χ4v) is 7.09. The van der Waals surface area contributed by atoms with Gasteiger partial charge in [0.25, 0.3) is 11.8 Å². The second kappa shape index (κ2) is 10.9. The van der Waals surface area contributed by atoms with Crippen LogP contribution >= 0.6 is 15.9 Å². The lowest BCUT2D eigenvalue weighted by Crippen LogP contribution is -2.30. The van der Waals surface area contributed by atoms with Crippen molar-refractivity contribution in [2.45, 2.75) is 85.5 Å². The largest absolute Gasteiger partial charge is 0.505 e. The van der Waals surface area contributed by atoms with Crippen molar-refractivity contribution in [2.75, 3.05) is 6.54 Å². The van der Waals surface area contributed by atoms with Crippen LogP contribution < -0.4 is 0 Å². The zero-order valence-electron chi connectivity index (χ0n) is 26.4. The van der Waals surface area contributed by atoms with Gasteiger partial charge < -0.3 is 5.11 Å². The van der Waals surface area contributed by atoms with Gasteiger partial charge in [0.15, 0.2) is 0 Å². The Balaban J connectivity index is 1.74. The first-order valence-electron chi connectivity index (χ1n) is 15.0. The highest BCUT2D eigenvalue weighted by Crippen LogP contribution is 2.45. The molecular weight excluding hydrogens is 604 g/mol. The van der Waals surface area contributed by atoms with Gasteiger partial charge in [-0.3, -0.25) is 14.5 Å². The predicted molar refractivity (Wildman–Crippen MR) is 174 cm³/mol. The van der Waals surface area contributed by atoms with Crippen molar-refractivity contribution in [3.05, 3.63) is 80.8 Å². The molecule has 2 amide bonds. The van der Waals surface area contributed by atoms with Crippen LogP contribution in [0, 0.1) is 5.41 Å². The fraction of sp³-hybridized carbons (Fsp3) is 0.429. The van der Waals surface area contributed by atoms with Gasteiger partial charge in [0.1, 0.15) is 22.5 Å². The molecule has 0 fully saturated rings. The lowest BCUT2D eigenvalue weighted by Gasteiger charge is -2.35. The molecule has 0 aliphatic carbocycles. The number of halogens is 1. The summed E-state index contributed by atoms with van der Waals surface area (Å²) >= 11 is 3.51. The molecule has 0 radical (unpaired) electrons. The fourth-order valence-electron chi connectivity index (χ4n) is 6.51. The highest BCUT2D eigenvalue weighted by atomic mass is 79.9. The Morgan fingerprint density at radius 3 is 2.14 bits per heavy atom. The summed E-state index contributed by atoms with van der Waals surface area (Å²) in [4.78, 5) is 29.5. The molecule has 0 saturated carbocycles. The summed E-state index contributed by atoms with van der Waals surface area (Å²) in [6.07, 6.45) is 2.50. The Hall–Kier alpha value is -3.52. The molecule has 2 heterocycles. The molecule has 1 aliphatic heterocycles. The zero-order chi connectivity index (χ0) is 31.5. The Morgan fingerprint density at radius 1 is 0.860 bits per heavy atom. The molecule has 0 spiro atoms. The minimum atomic E-state index is -0.535. The van der Waals surface area contributed by atoms with Crippen molar-refractivity contribution in [1.29, 1.82) is 0 Å². The number of amides is 2. The SMILES string of the molecule is CCCCN1C(=O)c2c(Br)cc3nn(-c4cc(C(C)(C)CC(C)(C)C)cc(C(C)(C)c5ccccc5)c4O)nc3c2C1=O. The minimum Gasteiger partial charge on any atom is -0.505 e. The molecule has 0 bridgehead atoms. The third kappa shape index (κ3) is 5.50. The molecule has 1 aromatic heterocycles. The summed E-state index contributed by atoms with van der Waals surface area (Å²) in [6, 6.07) is 15.9. The summed E-state index contributed by atoms with van der Waals surface area (Å²) in [6.45, 7) is 17.7. The van der Waals surface area contributed by atoms with E-state index in [2.05, 4.69) is 82.6 Å². The molecule has 7 nitrogen and oxygen atoms in total. The molecule has 1 aliphatic rings. The topological polar surface area (TPSA) is 88.3 Å². The van der Waals surface area contributed by atoms with Crippen LogP contribution in [-0.4, -0.2) is 43.4 Å². The molecule has 8 heteroatoms. The number of aromatic hydroxyl groups is 1. The highest BCUT2D eigenvalue weighted by molar-refractivity contribution is 9.10. The number of rotatable bonds is 8. The van der Waals surface area contributed by atoms with Gasteiger partial charge in [-0.2, -0.15) is 0 Å². The lowest BCUT2D eigenvalue weighted by atomic mass is 9.70. The van der Waals surface area contributed by atoms with Crippen LogP contribution in [0.15, 0.2) is 53.0 Å². The maximum absolute atomic E-state index is 13.5. The summed E-state index contributed by atoms with van der Waals surface area (Å²) in [5.74, 6) is -0.605. The lowest BCUT2D eigenvalue weighted by molar-refractivity contribution is 0.0652. The van der Waals surface area contributed by atoms with Gasteiger partial charge in [0.2, 0.25) is 0 Å². The van der Waals surface area contributed by atoms with E-state index < -0.39 is 5.41 Å². The van der Waals surface area contributed by atoms with Gasteiger partial charge in [-0.15, -0.1) is 15.0 Å². The summed E-state index contributed by atoms with van der Waals surface area (Å²) in [5, 5.41) is 21.5. The highest BCUT2D eigenvalue weighted by Gasteiger charge is 2.40. The van der Waals surface area contributed by atoms with Crippen molar-refractivity contribution in [2.24, 2.45) is 5.41 Å². The first kappa shape index (κ1) is 30.9. The molecule has 3 aromatic carbocycles. The van der Waals surface area contributed by atoms with E-state index in [1.165, 1.54) is 9.70 Å². The Morgan fingerprint density at radius 2 is 1.51 bits per heavy atom. The maximum Gasteiger partial charge on any atom is 0.263 e. The van der Waals surface area contributed by atoms with Crippen LogP contribution in [0.4, 0.5) is 0 Å². The number of benzene rings is 3. The smallest absolute Gasteiger partial charge is 0.263 e. The summed E-state index contributed by atoms with van der Waals surface area (Å²) in [5.41, 5.74) is 3.99. The van der Waals surface area contributed by atoms with Crippen molar-refractivity contribution in [3.63, 3.8) is 0 Å². The number of nitrogens with zero attached hydrogens (tertiary/aromatic N) is 4. The number of unbranched alkanes of at least 4 members (excludes halogenated alkanes) is 1. The van der Waals surface area contributed by atoms with E-state index in [1.807, 2.05) is 31.2 Å². The molecular formula is C35H41BrN4O3. The van der Waals surface area contributed by atoms with E-state index in [-0.39, 0.29) is 34.0 Å². The number of carbonyl (C=O) groups excluding carboxylic acids is 2. The molecule has 0 saturated heterocycles. The van der Waals surface area contributed by atoms with E-state index in [9.17, 15) is 14.7 Å². The number of hydrogen-bond donors (Lipinski definition) is 1. The van der Waals surface area contributed by atoms with Crippen LogP contribution in [0.2, 0.25) is 0 Å². The molecule has 4 aromatic rings. The average molecular weight is 646 g/mol. The Labute approximate surface area is 262 Å². The molecule has 226 valence electrons. The van der Waals surface area contributed by atoms with Crippen LogP contribution in [0.5, 0.6) is 5.75 Å². The van der Waals surface area contributed by atoms with E-state index >= 15 is 0 Å².